The van der Waals surface area contributed by atoms with Crippen molar-refractivity contribution in [2.45, 2.75) is 57.2 Å². The molecule has 2 fully saturated rings. The molecule has 7 heteroatoms. The molecular formula is C24H34N6O. The van der Waals surface area contributed by atoms with Gasteiger partial charge in [0, 0.05) is 45.0 Å². The Morgan fingerprint density at radius 3 is 2.74 bits per heavy atom. The molecule has 0 spiro atoms. The first kappa shape index (κ1) is 21.6. The molecule has 1 N–H and O–H groups in total. The molecule has 31 heavy (non-hydrogen) atoms. The van der Waals surface area contributed by atoms with Crippen LogP contribution in [0.15, 0.2) is 36.5 Å². The Labute approximate surface area is 185 Å². The van der Waals surface area contributed by atoms with E-state index in [-0.39, 0.29) is 5.91 Å². The lowest BCUT2D eigenvalue weighted by Gasteiger charge is -2.35. The Morgan fingerprint density at radius 2 is 2.00 bits per heavy atom. The van der Waals surface area contributed by atoms with Gasteiger partial charge >= 0.3 is 0 Å². The van der Waals surface area contributed by atoms with Crippen LogP contribution in [-0.4, -0.2) is 65.1 Å². The zero-order chi connectivity index (χ0) is 21.6. The smallest absolute Gasteiger partial charge is 0.273 e. The first-order chi connectivity index (χ1) is 15.1. The van der Waals surface area contributed by atoms with Crippen molar-refractivity contribution in [2.75, 3.05) is 32.1 Å². The lowest BCUT2D eigenvalue weighted by molar-refractivity contribution is 0.0946. The van der Waals surface area contributed by atoms with Crippen LogP contribution >= 0.6 is 0 Å². The van der Waals surface area contributed by atoms with Crippen molar-refractivity contribution < 1.29 is 4.79 Å². The van der Waals surface area contributed by atoms with Crippen LogP contribution in [0.2, 0.25) is 0 Å². The van der Waals surface area contributed by atoms with Gasteiger partial charge in [-0.1, -0.05) is 35.9 Å². The SMILES string of the molecule is CN(C)c1ccc(/C=C/CN2CCCC[C@H]2CCn2cc(C(=O)NC3CC3)nn2)cc1. The second kappa shape index (κ2) is 10.1. The zero-order valence-corrected chi connectivity index (χ0v) is 18.7. The summed E-state index contributed by atoms with van der Waals surface area (Å²) in [6.45, 7) is 2.90. The van der Waals surface area contributed by atoms with Crippen LogP contribution < -0.4 is 10.2 Å². The van der Waals surface area contributed by atoms with Gasteiger partial charge in [0.15, 0.2) is 5.69 Å². The highest BCUT2D eigenvalue weighted by Crippen LogP contribution is 2.21. The van der Waals surface area contributed by atoms with Gasteiger partial charge in [-0.3, -0.25) is 14.4 Å². The van der Waals surface area contributed by atoms with Crippen LogP contribution in [0.1, 0.15) is 54.6 Å². The highest BCUT2D eigenvalue weighted by Gasteiger charge is 2.25. The molecule has 1 aromatic carbocycles. The maximum atomic E-state index is 12.1. The van der Waals surface area contributed by atoms with Crippen molar-refractivity contribution in [2.24, 2.45) is 0 Å². The van der Waals surface area contributed by atoms with Crippen molar-refractivity contribution in [3.05, 3.63) is 47.8 Å². The van der Waals surface area contributed by atoms with Crippen LogP contribution in [0.5, 0.6) is 0 Å². The van der Waals surface area contributed by atoms with E-state index in [2.05, 4.69) is 75.9 Å². The monoisotopic (exact) mass is 422 g/mol. The van der Waals surface area contributed by atoms with Crippen molar-refractivity contribution in [3.8, 4) is 0 Å². The number of nitrogens with zero attached hydrogens (tertiary/aromatic N) is 5. The molecule has 1 saturated carbocycles. The normalized spacial score (nSPS) is 19.6. The Kier molecular flexibility index (Phi) is 7.02. The van der Waals surface area contributed by atoms with E-state index in [9.17, 15) is 4.79 Å². The van der Waals surface area contributed by atoms with E-state index in [0.29, 0.717) is 17.8 Å². The first-order valence-corrected chi connectivity index (χ1v) is 11.5. The fourth-order valence-corrected chi connectivity index (χ4v) is 4.12. The van der Waals surface area contributed by atoms with Gasteiger partial charge in [0.1, 0.15) is 0 Å². The van der Waals surface area contributed by atoms with Gasteiger partial charge < -0.3 is 10.2 Å². The number of likely N-dealkylation sites (tertiary alicyclic amines) is 1. The van der Waals surface area contributed by atoms with Crippen molar-refractivity contribution in [1.29, 1.82) is 0 Å². The largest absolute Gasteiger partial charge is 0.378 e. The number of anilines is 1. The van der Waals surface area contributed by atoms with Gasteiger partial charge in [-0.15, -0.1) is 5.10 Å². The summed E-state index contributed by atoms with van der Waals surface area (Å²) >= 11 is 0. The fraction of sp³-hybridized carbons (Fsp3) is 0.542. The second-order valence-corrected chi connectivity index (χ2v) is 8.94. The molecule has 2 aromatic rings. The van der Waals surface area contributed by atoms with Gasteiger partial charge in [-0.05, 0) is 56.3 Å². The quantitative estimate of drug-likeness (QED) is 0.672. The lowest BCUT2D eigenvalue weighted by atomic mass is 9.99. The molecule has 1 aromatic heterocycles. The van der Waals surface area contributed by atoms with Gasteiger partial charge in [0.2, 0.25) is 0 Å². The number of hydrogen-bond acceptors (Lipinski definition) is 5. The number of nitrogens with one attached hydrogen (secondary N) is 1. The number of amides is 1. The van der Waals surface area contributed by atoms with E-state index in [0.717, 1.165) is 38.9 Å². The number of hydrogen-bond donors (Lipinski definition) is 1. The van der Waals surface area contributed by atoms with Crippen LogP contribution in [0, 0.1) is 0 Å². The molecule has 1 atom stereocenters. The molecular weight excluding hydrogens is 388 g/mol. The number of rotatable bonds is 9. The van der Waals surface area contributed by atoms with E-state index in [1.165, 1.54) is 30.5 Å². The molecule has 7 nitrogen and oxygen atoms in total. The maximum Gasteiger partial charge on any atom is 0.273 e. The summed E-state index contributed by atoms with van der Waals surface area (Å²) in [7, 11) is 4.12. The lowest BCUT2D eigenvalue weighted by Crippen LogP contribution is -2.40. The summed E-state index contributed by atoms with van der Waals surface area (Å²) in [6, 6.07) is 9.53. The molecule has 2 heterocycles. The average molecular weight is 423 g/mol. The molecule has 1 aliphatic heterocycles. The predicted molar refractivity (Wildman–Crippen MR) is 124 cm³/mol. The van der Waals surface area contributed by atoms with Gasteiger partial charge in [-0.25, -0.2) is 0 Å². The third kappa shape index (κ3) is 6.17. The van der Waals surface area contributed by atoms with Gasteiger partial charge in [-0.2, -0.15) is 0 Å². The summed E-state index contributed by atoms with van der Waals surface area (Å²) in [4.78, 5) is 16.8. The van der Waals surface area contributed by atoms with Crippen LogP contribution in [0.3, 0.4) is 0 Å². The van der Waals surface area contributed by atoms with E-state index in [1.807, 2.05) is 4.68 Å². The van der Waals surface area contributed by atoms with E-state index < -0.39 is 0 Å². The third-order valence-corrected chi connectivity index (χ3v) is 6.18. The van der Waals surface area contributed by atoms with E-state index >= 15 is 0 Å². The zero-order valence-electron chi connectivity index (χ0n) is 18.7. The minimum atomic E-state index is -0.100. The molecule has 4 rings (SSSR count). The van der Waals surface area contributed by atoms with Crippen LogP contribution in [-0.2, 0) is 6.54 Å². The highest BCUT2D eigenvalue weighted by molar-refractivity contribution is 5.92. The van der Waals surface area contributed by atoms with Crippen LogP contribution in [0.4, 0.5) is 5.69 Å². The molecule has 1 aliphatic carbocycles. The van der Waals surface area contributed by atoms with Crippen LogP contribution in [0.25, 0.3) is 6.08 Å². The molecule has 166 valence electrons. The summed E-state index contributed by atoms with van der Waals surface area (Å²) in [5, 5.41) is 11.2. The number of benzene rings is 1. The standard InChI is InChI=1S/C24H34N6O/c1-28(2)21-12-8-19(9-13-21)6-5-16-29-15-4-3-7-22(29)14-17-30-18-23(26-27-30)24(31)25-20-10-11-20/h5-6,8-9,12-13,18,20,22H,3-4,7,10-11,14-17H2,1-2H3,(H,25,31)/b6-5+/t22-/m0/s1. The number of carbonyl (C=O) groups excluding carboxylic acids is 1. The molecule has 1 amide bonds. The number of carbonyl (C=O) groups is 1. The van der Waals surface area contributed by atoms with Gasteiger partial charge in [0.05, 0.1) is 6.20 Å². The second-order valence-electron chi connectivity index (χ2n) is 8.94. The Morgan fingerprint density at radius 1 is 1.19 bits per heavy atom. The third-order valence-electron chi connectivity index (χ3n) is 6.18. The van der Waals surface area contributed by atoms with E-state index in [1.54, 1.807) is 6.20 Å². The van der Waals surface area contributed by atoms with Gasteiger partial charge in [0.25, 0.3) is 5.91 Å². The molecule has 0 unspecified atom stereocenters. The summed E-state index contributed by atoms with van der Waals surface area (Å²) < 4.78 is 1.82. The van der Waals surface area contributed by atoms with Crippen molar-refractivity contribution in [3.63, 3.8) is 0 Å². The highest BCUT2D eigenvalue weighted by atomic mass is 16.2. The van der Waals surface area contributed by atoms with Crippen molar-refractivity contribution in [1.82, 2.24) is 25.2 Å². The Hall–Kier alpha value is -2.67. The molecule has 1 saturated heterocycles. The summed E-state index contributed by atoms with van der Waals surface area (Å²) in [5.41, 5.74) is 2.88. The first-order valence-electron chi connectivity index (χ1n) is 11.5. The Bertz CT molecular complexity index is 884. The minimum Gasteiger partial charge on any atom is -0.378 e. The molecule has 0 radical (unpaired) electrons. The van der Waals surface area contributed by atoms with Crippen molar-refractivity contribution >= 4 is 17.7 Å². The molecule has 2 aliphatic rings. The maximum absolute atomic E-state index is 12.1. The fourth-order valence-electron chi connectivity index (χ4n) is 4.12. The number of aromatic nitrogens is 3. The average Bonchev–Trinajstić information content (AvgIpc) is 3.46. The van der Waals surface area contributed by atoms with E-state index in [4.69, 9.17) is 0 Å². The topological polar surface area (TPSA) is 66.3 Å². The number of aryl methyl sites for hydroxylation is 1. The predicted octanol–water partition coefficient (Wildman–Crippen LogP) is 3.19. The summed E-state index contributed by atoms with van der Waals surface area (Å²) in [6.07, 6.45) is 13.2. The minimum absolute atomic E-state index is 0.100. The molecule has 0 bridgehead atoms. The summed E-state index contributed by atoms with van der Waals surface area (Å²) in [5.74, 6) is -0.100. The number of piperidine rings is 1. The Balaban J connectivity index is 1.27.